The van der Waals surface area contributed by atoms with Crippen molar-refractivity contribution in [2.24, 2.45) is 0 Å². The van der Waals surface area contributed by atoms with Crippen LogP contribution in [-0.4, -0.2) is 16.2 Å². The van der Waals surface area contributed by atoms with E-state index in [4.69, 9.17) is 10.2 Å². The number of hydrogen-bond donors (Lipinski definition) is 2. The lowest BCUT2D eigenvalue weighted by Crippen LogP contribution is -2.29. The van der Waals surface area contributed by atoms with Gasteiger partial charge >= 0.3 is 5.97 Å². The fraction of sp³-hybridized carbons (Fsp3) is 0.300. The predicted molar refractivity (Wildman–Crippen MR) is 48.7 cm³/mol. The van der Waals surface area contributed by atoms with Gasteiger partial charge in [0.15, 0.2) is 11.6 Å². The SMILES string of the molecule is CC(C)(C(=O)O)c1cccc(O)c1F. The quantitative estimate of drug-likeness (QED) is 0.762. The van der Waals surface area contributed by atoms with E-state index in [0.717, 1.165) is 0 Å². The van der Waals surface area contributed by atoms with E-state index >= 15 is 0 Å². The van der Waals surface area contributed by atoms with E-state index in [0.29, 0.717) is 0 Å². The summed E-state index contributed by atoms with van der Waals surface area (Å²) in [7, 11) is 0. The van der Waals surface area contributed by atoms with Gasteiger partial charge in [0.2, 0.25) is 0 Å². The maximum absolute atomic E-state index is 13.3. The normalized spacial score (nSPS) is 11.4. The molecule has 0 heterocycles. The Morgan fingerprint density at radius 1 is 1.43 bits per heavy atom. The van der Waals surface area contributed by atoms with Crippen LogP contribution in [0.25, 0.3) is 0 Å². The summed E-state index contributed by atoms with van der Waals surface area (Å²) in [5.41, 5.74) is -1.37. The second-order valence-electron chi connectivity index (χ2n) is 3.57. The molecule has 4 heteroatoms. The minimum atomic E-state index is -1.34. The second-order valence-corrected chi connectivity index (χ2v) is 3.57. The Bertz CT molecular complexity index is 372. The zero-order valence-corrected chi connectivity index (χ0v) is 7.91. The van der Waals surface area contributed by atoms with Crippen LogP contribution in [0.4, 0.5) is 4.39 Å². The number of carboxylic acid groups (broad SMARTS) is 1. The number of rotatable bonds is 2. The van der Waals surface area contributed by atoms with Crippen molar-refractivity contribution in [3.63, 3.8) is 0 Å². The number of carbonyl (C=O) groups is 1. The third-order valence-corrected chi connectivity index (χ3v) is 2.19. The molecule has 0 aliphatic carbocycles. The van der Waals surface area contributed by atoms with Crippen LogP contribution in [0.1, 0.15) is 19.4 Å². The van der Waals surface area contributed by atoms with Crippen molar-refractivity contribution in [3.8, 4) is 5.75 Å². The van der Waals surface area contributed by atoms with Crippen LogP contribution in [-0.2, 0) is 10.2 Å². The molecule has 76 valence electrons. The highest BCUT2D eigenvalue weighted by Gasteiger charge is 2.32. The fourth-order valence-electron chi connectivity index (χ4n) is 1.12. The smallest absolute Gasteiger partial charge is 0.313 e. The number of aliphatic carboxylic acids is 1. The molecule has 0 aliphatic rings. The van der Waals surface area contributed by atoms with Crippen LogP contribution in [0.15, 0.2) is 18.2 Å². The topological polar surface area (TPSA) is 57.5 Å². The Balaban J connectivity index is 3.33. The average molecular weight is 198 g/mol. The Hall–Kier alpha value is -1.58. The molecule has 1 aromatic carbocycles. The van der Waals surface area contributed by atoms with Crippen molar-refractivity contribution in [1.82, 2.24) is 0 Å². The molecule has 0 aromatic heterocycles. The van der Waals surface area contributed by atoms with Crippen molar-refractivity contribution in [3.05, 3.63) is 29.6 Å². The van der Waals surface area contributed by atoms with Gasteiger partial charge in [-0.2, -0.15) is 0 Å². The number of halogens is 1. The minimum absolute atomic E-state index is 0.0231. The van der Waals surface area contributed by atoms with E-state index in [9.17, 15) is 9.18 Å². The summed E-state index contributed by atoms with van der Waals surface area (Å²) in [4.78, 5) is 10.8. The van der Waals surface area contributed by atoms with Crippen LogP contribution in [0.3, 0.4) is 0 Å². The van der Waals surface area contributed by atoms with Gasteiger partial charge in [0.1, 0.15) is 0 Å². The summed E-state index contributed by atoms with van der Waals surface area (Å²) < 4.78 is 13.3. The molecule has 0 saturated heterocycles. The molecule has 2 N–H and O–H groups in total. The van der Waals surface area contributed by atoms with Crippen molar-refractivity contribution in [2.45, 2.75) is 19.3 Å². The maximum Gasteiger partial charge on any atom is 0.313 e. The molecule has 0 bridgehead atoms. The summed E-state index contributed by atoms with van der Waals surface area (Å²) in [5.74, 6) is -2.54. The molecule has 1 rings (SSSR count). The first-order valence-corrected chi connectivity index (χ1v) is 4.08. The highest BCUT2D eigenvalue weighted by atomic mass is 19.1. The lowest BCUT2D eigenvalue weighted by molar-refractivity contribution is -0.142. The van der Waals surface area contributed by atoms with Gasteiger partial charge in [-0.05, 0) is 19.9 Å². The molecule has 0 radical (unpaired) electrons. The maximum atomic E-state index is 13.3. The lowest BCUT2D eigenvalue weighted by Gasteiger charge is -2.20. The molecule has 0 spiro atoms. The molecule has 0 saturated carbocycles. The third-order valence-electron chi connectivity index (χ3n) is 2.19. The van der Waals surface area contributed by atoms with Gasteiger partial charge in [0.25, 0.3) is 0 Å². The highest BCUT2D eigenvalue weighted by Crippen LogP contribution is 2.30. The summed E-state index contributed by atoms with van der Waals surface area (Å²) in [6, 6.07) is 3.94. The van der Waals surface area contributed by atoms with Crippen LogP contribution < -0.4 is 0 Å². The molecule has 14 heavy (non-hydrogen) atoms. The van der Waals surface area contributed by atoms with E-state index in [-0.39, 0.29) is 5.56 Å². The number of aromatic hydroxyl groups is 1. The van der Waals surface area contributed by atoms with Crippen molar-refractivity contribution >= 4 is 5.97 Å². The zero-order valence-electron chi connectivity index (χ0n) is 7.91. The number of hydrogen-bond acceptors (Lipinski definition) is 2. The number of carboxylic acids is 1. The van der Waals surface area contributed by atoms with Gasteiger partial charge in [-0.25, -0.2) is 4.39 Å². The first-order valence-electron chi connectivity index (χ1n) is 4.08. The van der Waals surface area contributed by atoms with E-state index < -0.39 is 23.0 Å². The molecule has 0 atom stereocenters. The molecular weight excluding hydrogens is 187 g/mol. The average Bonchev–Trinajstić information content (AvgIpc) is 2.09. The minimum Gasteiger partial charge on any atom is -0.505 e. The first kappa shape index (κ1) is 10.5. The third kappa shape index (κ3) is 1.55. The highest BCUT2D eigenvalue weighted by molar-refractivity contribution is 5.80. The lowest BCUT2D eigenvalue weighted by atomic mass is 9.84. The van der Waals surface area contributed by atoms with Gasteiger partial charge in [0.05, 0.1) is 5.41 Å². The Morgan fingerprint density at radius 3 is 2.50 bits per heavy atom. The van der Waals surface area contributed by atoms with E-state index in [1.54, 1.807) is 0 Å². The molecule has 1 aromatic rings. The Labute approximate surface area is 80.8 Å². The summed E-state index contributed by atoms with van der Waals surface area (Å²) in [5, 5.41) is 17.9. The largest absolute Gasteiger partial charge is 0.505 e. The summed E-state index contributed by atoms with van der Waals surface area (Å²) in [6.07, 6.45) is 0. The van der Waals surface area contributed by atoms with Gasteiger partial charge in [-0.1, -0.05) is 12.1 Å². The fourth-order valence-corrected chi connectivity index (χ4v) is 1.12. The zero-order chi connectivity index (χ0) is 10.9. The number of phenolic OH excluding ortho intramolecular Hbond substituents is 1. The standard InChI is InChI=1S/C10H11FO3/c1-10(2,9(13)14)6-4-3-5-7(12)8(6)11/h3-5,12H,1-2H3,(H,13,14). The molecule has 0 aliphatic heterocycles. The van der Waals surface area contributed by atoms with Gasteiger partial charge in [0, 0.05) is 5.56 Å². The number of phenols is 1. The predicted octanol–water partition coefficient (Wildman–Crippen LogP) is 1.89. The van der Waals surface area contributed by atoms with E-state index in [1.165, 1.54) is 32.0 Å². The van der Waals surface area contributed by atoms with Crippen molar-refractivity contribution in [1.29, 1.82) is 0 Å². The molecule has 0 amide bonds. The van der Waals surface area contributed by atoms with Crippen LogP contribution >= 0.6 is 0 Å². The summed E-state index contributed by atoms with van der Waals surface area (Å²) in [6.45, 7) is 2.76. The molecular formula is C10H11FO3. The molecule has 3 nitrogen and oxygen atoms in total. The van der Waals surface area contributed by atoms with E-state index in [1.807, 2.05) is 0 Å². The Morgan fingerprint density at radius 2 is 2.00 bits per heavy atom. The van der Waals surface area contributed by atoms with Crippen molar-refractivity contribution < 1.29 is 19.4 Å². The molecule has 0 unspecified atom stereocenters. The first-order chi connectivity index (χ1) is 6.37. The van der Waals surface area contributed by atoms with Gasteiger partial charge in [-0.3, -0.25) is 4.79 Å². The Kier molecular flexibility index (Phi) is 2.47. The van der Waals surface area contributed by atoms with E-state index in [2.05, 4.69) is 0 Å². The van der Waals surface area contributed by atoms with Crippen LogP contribution in [0.5, 0.6) is 5.75 Å². The summed E-state index contributed by atoms with van der Waals surface area (Å²) >= 11 is 0. The molecule has 0 fully saturated rings. The monoisotopic (exact) mass is 198 g/mol. The number of benzene rings is 1. The van der Waals surface area contributed by atoms with Crippen LogP contribution in [0, 0.1) is 5.82 Å². The van der Waals surface area contributed by atoms with Gasteiger partial charge in [-0.15, -0.1) is 0 Å². The second kappa shape index (κ2) is 3.29. The van der Waals surface area contributed by atoms with Gasteiger partial charge < -0.3 is 10.2 Å². The van der Waals surface area contributed by atoms with Crippen LogP contribution in [0.2, 0.25) is 0 Å². The van der Waals surface area contributed by atoms with Crippen molar-refractivity contribution in [2.75, 3.05) is 0 Å².